The molecule has 2 N–H and O–H groups in total. The third-order valence-corrected chi connectivity index (χ3v) is 7.89. The zero-order chi connectivity index (χ0) is 23.8. The number of fused-ring (bicyclic) bond motifs is 3. The second kappa shape index (κ2) is 9.66. The van der Waals surface area contributed by atoms with Crippen LogP contribution in [0.25, 0.3) is 10.9 Å². The van der Waals surface area contributed by atoms with E-state index in [1.54, 1.807) is 6.92 Å². The minimum atomic E-state index is -0.0467. The molecule has 3 aliphatic rings. The van der Waals surface area contributed by atoms with Gasteiger partial charge < -0.3 is 10.6 Å². The zero-order valence-electron chi connectivity index (χ0n) is 20.7. The molecule has 2 aromatic rings. The van der Waals surface area contributed by atoms with Crippen molar-refractivity contribution in [3.8, 4) is 0 Å². The van der Waals surface area contributed by atoms with E-state index in [0.29, 0.717) is 23.8 Å². The van der Waals surface area contributed by atoms with Gasteiger partial charge in [-0.05, 0) is 52.0 Å². The summed E-state index contributed by atoms with van der Waals surface area (Å²) in [5.41, 5.74) is 1.56. The van der Waals surface area contributed by atoms with Crippen molar-refractivity contribution in [1.29, 1.82) is 0 Å². The Labute approximate surface area is 202 Å². The molecule has 3 aliphatic heterocycles. The highest BCUT2D eigenvalue weighted by Gasteiger charge is 2.41. The third-order valence-electron chi connectivity index (χ3n) is 7.89. The minimum absolute atomic E-state index is 0.0467. The lowest BCUT2D eigenvalue weighted by molar-refractivity contribution is -0.119. The fourth-order valence-electron chi connectivity index (χ4n) is 6.36. The highest BCUT2D eigenvalue weighted by Crippen LogP contribution is 2.36. The van der Waals surface area contributed by atoms with Crippen molar-refractivity contribution in [3.63, 3.8) is 0 Å². The molecule has 0 aliphatic carbocycles. The molecule has 3 fully saturated rings. The highest BCUT2D eigenvalue weighted by molar-refractivity contribution is 6.05. The number of carbonyl (C=O) groups excluding carboxylic acids is 2. The van der Waals surface area contributed by atoms with Gasteiger partial charge in [-0.25, -0.2) is 0 Å². The van der Waals surface area contributed by atoms with Gasteiger partial charge in [0.15, 0.2) is 5.69 Å². The van der Waals surface area contributed by atoms with E-state index >= 15 is 0 Å². The summed E-state index contributed by atoms with van der Waals surface area (Å²) in [6.45, 7) is 9.93. The van der Waals surface area contributed by atoms with E-state index in [0.717, 1.165) is 56.3 Å². The molecule has 8 heteroatoms. The number of likely N-dealkylation sites (tertiary alicyclic amines) is 1. The summed E-state index contributed by atoms with van der Waals surface area (Å²) >= 11 is 0. The summed E-state index contributed by atoms with van der Waals surface area (Å²) in [5.74, 6) is 0.0208. The predicted molar refractivity (Wildman–Crippen MR) is 133 cm³/mol. The van der Waals surface area contributed by atoms with Crippen LogP contribution in [0.2, 0.25) is 0 Å². The summed E-state index contributed by atoms with van der Waals surface area (Å²) in [6, 6.07) is 9.81. The molecule has 5 rings (SSSR count). The van der Waals surface area contributed by atoms with Crippen LogP contribution in [0.3, 0.4) is 0 Å². The Morgan fingerprint density at radius 1 is 1.03 bits per heavy atom. The quantitative estimate of drug-likeness (QED) is 0.655. The maximum Gasteiger partial charge on any atom is 0.272 e. The first-order chi connectivity index (χ1) is 16.4. The van der Waals surface area contributed by atoms with Gasteiger partial charge in [0.25, 0.3) is 5.91 Å². The maximum atomic E-state index is 13.2. The molecule has 2 amide bonds. The van der Waals surface area contributed by atoms with Crippen molar-refractivity contribution in [2.24, 2.45) is 0 Å². The summed E-state index contributed by atoms with van der Waals surface area (Å²) in [6.07, 6.45) is 5.51. The second-order valence-electron chi connectivity index (χ2n) is 10.7. The van der Waals surface area contributed by atoms with E-state index in [-0.39, 0.29) is 23.9 Å². The monoisotopic (exact) mass is 466 g/mol. The largest absolute Gasteiger partial charge is 0.352 e. The van der Waals surface area contributed by atoms with E-state index in [1.165, 1.54) is 12.8 Å². The average Bonchev–Trinajstić information content (AvgIpc) is 3.46. The van der Waals surface area contributed by atoms with Crippen LogP contribution >= 0.6 is 0 Å². The Morgan fingerprint density at radius 3 is 2.47 bits per heavy atom. The van der Waals surface area contributed by atoms with Crippen LogP contribution in [-0.4, -0.2) is 81.7 Å². The number of rotatable bonds is 7. The fraction of sp³-hybridized carbons (Fsp3) is 0.654. The molecule has 0 saturated carbocycles. The summed E-state index contributed by atoms with van der Waals surface area (Å²) < 4.78 is 1.95. The number of nitrogens with one attached hydrogen (secondary N) is 2. The van der Waals surface area contributed by atoms with Crippen molar-refractivity contribution < 1.29 is 9.59 Å². The Morgan fingerprint density at radius 2 is 1.76 bits per heavy atom. The van der Waals surface area contributed by atoms with Gasteiger partial charge in [0.2, 0.25) is 5.91 Å². The standard InChI is InChI=1S/C26H38N6O2/c1-17(2)32-24-7-5-4-6-23(24)25(29-32)26(34)28-20-14-21-8-9-22(15-20)31(21)13-12-30-11-10-19(16-30)27-18(3)33/h4-7,17,19-22H,8-16H2,1-3H3,(H,27,33)(H,28,34)/t19-,20?,21-,22+/m1/s1. The molecule has 8 nitrogen and oxygen atoms in total. The number of hydrogen-bond acceptors (Lipinski definition) is 5. The molecule has 4 heterocycles. The molecule has 2 bridgehead atoms. The predicted octanol–water partition coefficient (Wildman–Crippen LogP) is 2.55. The van der Waals surface area contributed by atoms with Gasteiger partial charge in [-0.1, -0.05) is 18.2 Å². The lowest BCUT2D eigenvalue weighted by Crippen LogP contribution is -2.52. The molecule has 0 radical (unpaired) electrons. The number of benzene rings is 1. The molecule has 1 aromatic carbocycles. The summed E-state index contributed by atoms with van der Waals surface area (Å²) in [5, 5.41) is 12.0. The van der Waals surface area contributed by atoms with Crippen LogP contribution in [-0.2, 0) is 4.79 Å². The van der Waals surface area contributed by atoms with E-state index in [1.807, 2.05) is 28.9 Å². The number of hydrogen-bond donors (Lipinski definition) is 2. The van der Waals surface area contributed by atoms with Crippen LogP contribution in [0.5, 0.6) is 0 Å². The Hall–Kier alpha value is -2.45. The first-order valence-corrected chi connectivity index (χ1v) is 12.9. The molecule has 4 atom stereocenters. The van der Waals surface area contributed by atoms with Crippen LogP contribution in [0.15, 0.2) is 24.3 Å². The molecule has 184 valence electrons. The van der Waals surface area contributed by atoms with E-state index < -0.39 is 0 Å². The lowest BCUT2D eigenvalue weighted by atomic mass is 9.97. The first-order valence-electron chi connectivity index (χ1n) is 12.9. The van der Waals surface area contributed by atoms with Crippen LogP contribution in [0.1, 0.15) is 69.4 Å². The molecule has 34 heavy (non-hydrogen) atoms. The molecule has 3 saturated heterocycles. The number of amides is 2. The number of aromatic nitrogens is 2. The topological polar surface area (TPSA) is 82.5 Å². The summed E-state index contributed by atoms with van der Waals surface area (Å²) in [7, 11) is 0. The van der Waals surface area contributed by atoms with Gasteiger partial charge in [-0.3, -0.25) is 24.1 Å². The van der Waals surface area contributed by atoms with Crippen molar-refractivity contribution in [2.45, 2.75) is 83.1 Å². The second-order valence-corrected chi connectivity index (χ2v) is 10.7. The van der Waals surface area contributed by atoms with Gasteiger partial charge in [0, 0.05) is 68.7 Å². The van der Waals surface area contributed by atoms with Crippen molar-refractivity contribution in [3.05, 3.63) is 30.0 Å². The van der Waals surface area contributed by atoms with Crippen LogP contribution < -0.4 is 10.6 Å². The Bertz CT molecular complexity index is 1040. The van der Waals surface area contributed by atoms with Gasteiger partial charge in [0.1, 0.15) is 0 Å². The molecule has 1 aromatic heterocycles. The maximum absolute atomic E-state index is 13.2. The van der Waals surface area contributed by atoms with Crippen molar-refractivity contribution >= 4 is 22.7 Å². The van der Waals surface area contributed by atoms with Crippen LogP contribution in [0.4, 0.5) is 0 Å². The summed E-state index contributed by atoms with van der Waals surface area (Å²) in [4.78, 5) is 29.7. The normalized spacial score (nSPS) is 27.5. The number of nitrogens with zero attached hydrogens (tertiary/aromatic N) is 4. The van der Waals surface area contributed by atoms with E-state index in [2.05, 4.69) is 39.4 Å². The van der Waals surface area contributed by atoms with Crippen molar-refractivity contribution in [2.75, 3.05) is 26.2 Å². The van der Waals surface area contributed by atoms with E-state index in [9.17, 15) is 9.59 Å². The number of carbonyl (C=O) groups is 2. The lowest BCUT2D eigenvalue weighted by Gasteiger charge is -2.39. The molecular formula is C26H38N6O2. The third kappa shape index (κ3) is 4.70. The van der Waals surface area contributed by atoms with Gasteiger partial charge in [-0.15, -0.1) is 0 Å². The smallest absolute Gasteiger partial charge is 0.272 e. The highest BCUT2D eigenvalue weighted by atomic mass is 16.2. The van der Waals surface area contributed by atoms with E-state index in [4.69, 9.17) is 0 Å². The molecule has 1 unspecified atom stereocenters. The minimum Gasteiger partial charge on any atom is -0.352 e. The molecule has 0 spiro atoms. The first kappa shape index (κ1) is 23.3. The molecular weight excluding hydrogens is 428 g/mol. The number of piperidine rings is 1. The average molecular weight is 467 g/mol. The van der Waals surface area contributed by atoms with Gasteiger partial charge in [0.05, 0.1) is 5.52 Å². The van der Waals surface area contributed by atoms with Gasteiger partial charge in [-0.2, -0.15) is 5.10 Å². The zero-order valence-corrected chi connectivity index (χ0v) is 20.7. The Kier molecular flexibility index (Phi) is 6.62. The number of para-hydroxylation sites is 1. The van der Waals surface area contributed by atoms with Gasteiger partial charge >= 0.3 is 0 Å². The Balaban J connectivity index is 1.17. The van der Waals surface area contributed by atoms with Crippen LogP contribution in [0, 0.1) is 0 Å². The fourth-order valence-corrected chi connectivity index (χ4v) is 6.36. The van der Waals surface area contributed by atoms with Crippen molar-refractivity contribution in [1.82, 2.24) is 30.2 Å². The SMILES string of the molecule is CC(=O)N[C@@H]1CCN(CCN2[C@@H]3CC[C@H]2CC(NC(=O)c2nn(C(C)C)c4ccccc24)C3)C1.